The average molecular weight is 360 g/mol. The molecule has 1 aromatic carbocycles. The molecule has 25 heavy (non-hydrogen) atoms. The molecule has 0 saturated heterocycles. The van der Waals surface area contributed by atoms with Crippen LogP contribution >= 0.6 is 11.3 Å². The van der Waals surface area contributed by atoms with Crippen LogP contribution in [0.3, 0.4) is 0 Å². The lowest BCUT2D eigenvalue weighted by Crippen LogP contribution is -2.26. The minimum atomic E-state index is -1.24. The van der Waals surface area contributed by atoms with E-state index in [4.69, 9.17) is 4.52 Å². The molecule has 128 valence electrons. The first kappa shape index (κ1) is 16.8. The molecule has 0 radical (unpaired) electrons. The summed E-state index contributed by atoms with van der Waals surface area (Å²) in [6, 6.07) is 7.94. The van der Waals surface area contributed by atoms with Crippen LogP contribution in [-0.4, -0.2) is 22.1 Å². The summed E-state index contributed by atoms with van der Waals surface area (Å²) in [5.74, 6) is -2.00. The number of halogens is 1. The van der Waals surface area contributed by atoms with Crippen LogP contribution in [0.15, 0.2) is 46.3 Å². The Kier molecular flexibility index (Phi) is 4.62. The van der Waals surface area contributed by atoms with Gasteiger partial charge < -0.3 is 14.9 Å². The number of aromatic nitrogens is 1. The smallest absolute Gasteiger partial charge is 0.341 e. The molecule has 0 saturated carbocycles. The van der Waals surface area contributed by atoms with Gasteiger partial charge in [-0.2, -0.15) is 0 Å². The lowest BCUT2D eigenvalue weighted by atomic mass is 10.0. The number of carboxylic acid groups (broad SMARTS) is 1. The molecule has 0 bridgehead atoms. The molecule has 0 aliphatic heterocycles. The zero-order valence-electron chi connectivity index (χ0n) is 13.0. The van der Waals surface area contributed by atoms with Gasteiger partial charge in [-0.15, -0.1) is 11.3 Å². The number of rotatable bonds is 5. The van der Waals surface area contributed by atoms with Gasteiger partial charge in [0.2, 0.25) is 0 Å². The largest absolute Gasteiger partial charge is 0.477 e. The molecule has 2 aromatic heterocycles. The molecular formula is C17H13FN2O4S. The number of carboxylic acids is 1. The minimum absolute atomic E-state index is 0.0248. The first-order valence-electron chi connectivity index (χ1n) is 7.30. The lowest BCUT2D eigenvalue weighted by molar-refractivity contribution is 0.0692. The summed E-state index contributed by atoms with van der Waals surface area (Å²) in [4.78, 5) is 24.3. The lowest BCUT2D eigenvalue weighted by Gasteiger charge is -2.11. The maximum Gasteiger partial charge on any atom is 0.341 e. The van der Waals surface area contributed by atoms with Crippen LogP contribution in [0.25, 0.3) is 11.3 Å². The van der Waals surface area contributed by atoms with Gasteiger partial charge in [-0.1, -0.05) is 11.2 Å². The maximum atomic E-state index is 13.1. The third-order valence-corrected chi connectivity index (χ3v) is 4.40. The molecule has 1 atom stereocenters. The Bertz CT molecular complexity index is 903. The van der Waals surface area contributed by atoms with Gasteiger partial charge in [0.15, 0.2) is 5.76 Å². The SMILES string of the molecule is CC(NC(=O)c1cccs1)c1onc(-c2ccc(F)cc2)c1C(=O)O. The standard InChI is InChI=1S/C17H13FN2O4S/c1-9(19-16(21)12-3-2-8-25-12)15-13(17(22)23)14(20-24-15)10-4-6-11(18)7-5-10/h2-9H,1H3,(H,19,21)(H,22,23). The van der Waals surface area contributed by atoms with E-state index >= 15 is 0 Å². The number of carbonyl (C=O) groups excluding carboxylic acids is 1. The van der Waals surface area contributed by atoms with Crippen LogP contribution in [0.4, 0.5) is 4.39 Å². The average Bonchev–Trinajstić information content (AvgIpc) is 3.25. The van der Waals surface area contributed by atoms with E-state index in [0.29, 0.717) is 10.4 Å². The van der Waals surface area contributed by atoms with Crippen LogP contribution in [0.5, 0.6) is 0 Å². The summed E-state index contributed by atoms with van der Waals surface area (Å²) in [5.41, 5.74) is 0.330. The third-order valence-electron chi connectivity index (χ3n) is 3.54. The van der Waals surface area contributed by atoms with Gasteiger partial charge in [0.05, 0.1) is 10.9 Å². The highest BCUT2D eigenvalue weighted by Gasteiger charge is 2.28. The second-order valence-corrected chi connectivity index (χ2v) is 6.20. The molecule has 3 rings (SSSR count). The number of carbonyl (C=O) groups is 2. The quantitative estimate of drug-likeness (QED) is 0.723. The number of thiophene rings is 1. The van der Waals surface area contributed by atoms with Gasteiger partial charge in [-0.05, 0) is 42.6 Å². The van der Waals surface area contributed by atoms with Crippen molar-refractivity contribution in [3.05, 3.63) is 63.8 Å². The predicted molar refractivity (Wildman–Crippen MR) is 89.1 cm³/mol. The van der Waals surface area contributed by atoms with Gasteiger partial charge >= 0.3 is 5.97 Å². The van der Waals surface area contributed by atoms with Gasteiger partial charge in [-0.25, -0.2) is 9.18 Å². The van der Waals surface area contributed by atoms with Crippen molar-refractivity contribution >= 4 is 23.2 Å². The zero-order valence-corrected chi connectivity index (χ0v) is 13.8. The fraction of sp³-hybridized carbons (Fsp3) is 0.118. The highest BCUT2D eigenvalue weighted by atomic mass is 32.1. The Morgan fingerprint density at radius 2 is 2.00 bits per heavy atom. The van der Waals surface area contributed by atoms with E-state index in [1.807, 2.05) is 0 Å². The molecule has 1 amide bonds. The molecule has 2 N–H and O–H groups in total. The minimum Gasteiger partial charge on any atom is -0.477 e. The van der Waals surface area contributed by atoms with Crippen LogP contribution in [0.1, 0.15) is 38.8 Å². The number of aromatic carboxylic acids is 1. The number of nitrogens with zero attached hydrogens (tertiary/aromatic N) is 1. The van der Waals surface area contributed by atoms with E-state index in [1.54, 1.807) is 24.4 Å². The third kappa shape index (κ3) is 3.43. The van der Waals surface area contributed by atoms with Crippen LogP contribution in [0.2, 0.25) is 0 Å². The van der Waals surface area contributed by atoms with Gasteiger partial charge in [0.1, 0.15) is 17.1 Å². The van der Waals surface area contributed by atoms with Crippen LogP contribution in [0, 0.1) is 5.82 Å². The molecular weight excluding hydrogens is 347 g/mol. The van der Waals surface area contributed by atoms with E-state index in [1.165, 1.54) is 35.6 Å². The molecule has 2 heterocycles. The van der Waals surface area contributed by atoms with E-state index in [9.17, 15) is 19.1 Å². The molecule has 6 nitrogen and oxygen atoms in total. The molecule has 0 spiro atoms. The summed E-state index contributed by atoms with van der Waals surface area (Å²) >= 11 is 1.27. The predicted octanol–water partition coefficient (Wildman–Crippen LogP) is 3.73. The van der Waals surface area contributed by atoms with Crippen molar-refractivity contribution in [2.45, 2.75) is 13.0 Å². The Labute approximate surface area is 145 Å². The Morgan fingerprint density at radius 1 is 1.28 bits per heavy atom. The number of hydrogen-bond acceptors (Lipinski definition) is 5. The van der Waals surface area contributed by atoms with Gasteiger partial charge in [0, 0.05) is 5.56 Å². The van der Waals surface area contributed by atoms with E-state index in [-0.39, 0.29) is 22.9 Å². The zero-order chi connectivity index (χ0) is 18.0. The Hall–Kier alpha value is -3.00. The number of hydrogen-bond donors (Lipinski definition) is 2. The number of benzene rings is 1. The number of nitrogens with one attached hydrogen (secondary N) is 1. The maximum absolute atomic E-state index is 13.1. The van der Waals surface area contributed by atoms with Crippen molar-refractivity contribution < 1.29 is 23.6 Å². The molecule has 3 aromatic rings. The van der Waals surface area contributed by atoms with E-state index < -0.39 is 17.8 Å². The summed E-state index contributed by atoms with van der Waals surface area (Å²) in [5, 5.41) is 17.8. The van der Waals surface area contributed by atoms with Crippen molar-refractivity contribution in [3.63, 3.8) is 0 Å². The summed E-state index contributed by atoms with van der Waals surface area (Å²) in [7, 11) is 0. The fourth-order valence-corrected chi connectivity index (χ4v) is 2.98. The molecule has 8 heteroatoms. The Balaban J connectivity index is 1.92. The van der Waals surface area contributed by atoms with E-state index in [2.05, 4.69) is 10.5 Å². The Morgan fingerprint density at radius 3 is 2.60 bits per heavy atom. The van der Waals surface area contributed by atoms with E-state index in [0.717, 1.165) is 0 Å². The first-order chi connectivity index (χ1) is 12.0. The van der Waals surface area contributed by atoms with Crippen LogP contribution < -0.4 is 5.32 Å². The summed E-state index contributed by atoms with van der Waals surface area (Å²) in [6.45, 7) is 1.60. The van der Waals surface area contributed by atoms with Crippen molar-refractivity contribution in [1.82, 2.24) is 10.5 Å². The van der Waals surface area contributed by atoms with Gasteiger partial charge in [0.25, 0.3) is 5.91 Å². The summed E-state index contributed by atoms with van der Waals surface area (Å²) in [6.07, 6.45) is 0. The van der Waals surface area contributed by atoms with Crippen molar-refractivity contribution in [1.29, 1.82) is 0 Å². The molecule has 0 aliphatic carbocycles. The number of amides is 1. The van der Waals surface area contributed by atoms with Crippen LogP contribution in [-0.2, 0) is 0 Å². The fourth-order valence-electron chi connectivity index (χ4n) is 2.35. The second kappa shape index (κ2) is 6.86. The highest BCUT2D eigenvalue weighted by Crippen LogP contribution is 2.29. The topological polar surface area (TPSA) is 92.4 Å². The monoisotopic (exact) mass is 360 g/mol. The molecule has 0 aliphatic rings. The second-order valence-electron chi connectivity index (χ2n) is 5.25. The first-order valence-corrected chi connectivity index (χ1v) is 8.18. The summed E-state index contributed by atoms with van der Waals surface area (Å²) < 4.78 is 18.3. The van der Waals surface area contributed by atoms with Crippen molar-refractivity contribution in [2.75, 3.05) is 0 Å². The molecule has 1 unspecified atom stereocenters. The van der Waals surface area contributed by atoms with Crippen molar-refractivity contribution in [3.8, 4) is 11.3 Å². The van der Waals surface area contributed by atoms with Crippen molar-refractivity contribution in [2.24, 2.45) is 0 Å². The van der Waals surface area contributed by atoms with Gasteiger partial charge in [-0.3, -0.25) is 4.79 Å². The molecule has 0 fully saturated rings. The normalized spacial score (nSPS) is 11.9. The highest BCUT2D eigenvalue weighted by molar-refractivity contribution is 7.12.